The maximum Gasteiger partial charge on any atom is 0.237 e. The van der Waals surface area contributed by atoms with E-state index in [1.807, 2.05) is 12.3 Å². The van der Waals surface area contributed by atoms with Crippen LogP contribution < -0.4 is 10.6 Å². The third-order valence-corrected chi connectivity index (χ3v) is 3.95. The zero-order chi connectivity index (χ0) is 11.5. The molecule has 5 heteroatoms. The number of thiazole rings is 1. The van der Waals surface area contributed by atoms with E-state index in [1.54, 1.807) is 17.5 Å². The fraction of sp³-hybridized carbons (Fsp3) is 0.636. The maximum atomic E-state index is 12.0. The molecule has 1 amide bonds. The molecule has 0 saturated carbocycles. The van der Waals surface area contributed by atoms with Gasteiger partial charge >= 0.3 is 0 Å². The minimum absolute atomic E-state index is 0.00194. The first-order valence-corrected chi connectivity index (χ1v) is 6.49. The number of nitrogens with one attached hydrogen (secondary N) is 2. The molecule has 16 heavy (non-hydrogen) atoms. The van der Waals surface area contributed by atoms with Gasteiger partial charge in [0.25, 0.3) is 0 Å². The van der Waals surface area contributed by atoms with E-state index in [-0.39, 0.29) is 18.0 Å². The van der Waals surface area contributed by atoms with Gasteiger partial charge in [0.2, 0.25) is 5.91 Å². The van der Waals surface area contributed by atoms with Gasteiger partial charge in [-0.1, -0.05) is 6.92 Å². The number of hydrogen-bond acceptors (Lipinski definition) is 4. The summed E-state index contributed by atoms with van der Waals surface area (Å²) in [6, 6.07) is -0.0375. The van der Waals surface area contributed by atoms with Gasteiger partial charge in [0.1, 0.15) is 5.01 Å². The number of carbonyl (C=O) groups is 1. The molecule has 1 aliphatic rings. The van der Waals surface area contributed by atoms with Crippen molar-refractivity contribution in [2.45, 2.75) is 32.4 Å². The lowest BCUT2D eigenvalue weighted by molar-refractivity contribution is -0.124. The second-order valence-corrected chi connectivity index (χ2v) is 5.22. The molecule has 4 nitrogen and oxygen atoms in total. The Morgan fingerprint density at radius 3 is 3.12 bits per heavy atom. The Labute approximate surface area is 99.5 Å². The highest BCUT2D eigenvalue weighted by Gasteiger charge is 2.30. The summed E-state index contributed by atoms with van der Waals surface area (Å²) in [6.07, 6.45) is 2.84. The van der Waals surface area contributed by atoms with E-state index in [4.69, 9.17) is 0 Å². The third-order valence-electron chi connectivity index (χ3n) is 3.00. The molecule has 1 aromatic heterocycles. The second-order valence-electron chi connectivity index (χ2n) is 4.30. The molecule has 1 aliphatic heterocycles. The summed E-state index contributed by atoms with van der Waals surface area (Å²) in [5.41, 5.74) is 0. The largest absolute Gasteiger partial charge is 0.346 e. The highest BCUT2D eigenvalue weighted by molar-refractivity contribution is 7.09. The van der Waals surface area contributed by atoms with Crippen molar-refractivity contribution in [3.63, 3.8) is 0 Å². The number of amides is 1. The summed E-state index contributed by atoms with van der Waals surface area (Å²) in [5.74, 6) is 0.510. The Hall–Kier alpha value is -0.940. The van der Waals surface area contributed by atoms with Gasteiger partial charge in [-0.3, -0.25) is 4.79 Å². The summed E-state index contributed by atoms with van der Waals surface area (Å²) in [6.45, 7) is 5.01. The molecule has 2 rings (SSSR count). The predicted molar refractivity (Wildman–Crippen MR) is 64.2 cm³/mol. The average molecular weight is 239 g/mol. The number of aromatic nitrogens is 1. The summed E-state index contributed by atoms with van der Waals surface area (Å²) in [5, 5.41) is 9.11. The van der Waals surface area contributed by atoms with Crippen molar-refractivity contribution < 1.29 is 4.79 Å². The summed E-state index contributed by atoms with van der Waals surface area (Å²) in [7, 11) is 0. The van der Waals surface area contributed by atoms with Crippen molar-refractivity contribution >= 4 is 17.2 Å². The van der Waals surface area contributed by atoms with Crippen LogP contribution in [-0.2, 0) is 4.79 Å². The van der Waals surface area contributed by atoms with Gasteiger partial charge in [-0.15, -0.1) is 11.3 Å². The third kappa shape index (κ3) is 2.41. The average Bonchev–Trinajstić information content (AvgIpc) is 2.86. The molecule has 1 fully saturated rings. The normalized spacial score (nSPS) is 26.6. The minimum atomic E-state index is -0.0394. The van der Waals surface area contributed by atoms with Crippen LogP contribution in [0, 0.1) is 5.92 Å². The molecule has 0 aliphatic carbocycles. The first kappa shape index (κ1) is 11.5. The van der Waals surface area contributed by atoms with E-state index in [0.717, 1.165) is 18.0 Å². The molecule has 88 valence electrons. The van der Waals surface area contributed by atoms with Gasteiger partial charge in [0.05, 0.1) is 12.1 Å². The molecule has 0 aromatic carbocycles. The van der Waals surface area contributed by atoms with Crippen LogP contribution in [0.1, 0.15) is 31.3 Å². The number of carbonyl (C=O) groups excluding carboxylic acids is 1. The van der Waals surface area contributed by atoms with Crippen LogP contribution >= 0.6 is 11.3 Å². The van der Waals surface area contributed by atoms with Crippen molar-refractivity contribution in [3.8, 4) is 0 Å². The minimum Gasteiger partial charge on any atom is -0.346 e. The molecule has 2 heterocycles. The van der Waals surface area contributed by atoms with Crippen molar-refractivity contribution in [3.05, 3.63) is 16.6 Å². The summed E-state index contributed by atoms with van der Waals surface area (Å²) < 4.78 is 0. The number of rotatable bonds is 3. The molecule has 0 spiro atoms. The molecular weight excluding hydrogens is 222 g/mol. The fourth-order valence-electron chi connectivity index (χ4n) is 2.00. The molecule has 1 saturated heterocycles. The summed E-state index contributed by atoms with van der Waals surface area (Å²) >= 11 is 1.57. The highest BCUT2D eigenvalue weighted by Crippen LogP contribution is 2.18. The zero-order valence-electron chi connectivity index (χ0n) is 9.56. The van der Waals surface area contributed by atoms with E-state index < -0.39 is 0 Å². The SMILES string of the molecule is CC(NC(=O)C1NCCC1C)c1nccs1. The van der Waals surface area contributed by atoms with Crippen LogP contribution in [-0.4, -0.2) is 23.5 Å². The van der Waals surface area contributed by atoms with Crippen LogP contribution in [0.25, 0.3) is 0 Å². The van der Waals surface area contributed by atoms with Crippen molar-refractivity contribution in [1.29, 1.82) is 0 Å². The van der Waals surface area contributed by atoms with Crippen molar-refractivity contribution in [2.24, 2.45) is 5.92 Å². The number of hydrogen-bond donors (Lipinski definition) is 2. The predicted octanol–water partition coefficient (Wildman–Crippen LogP) is 1.32. The smallest absolute Gasteiger partial charge is 0.237 e. The lowest BCUT2D eigenvalue weighted by Gasteiger charge is -2.18. The molecular formula is C11H17N3OS. The zero-order valence-corrected chi connectivity index (χ0v) is 10.4. The van der Waals surface area contributed by atoms with E-state index in [9.17, 15) is 4.79 Å². The number of nitrogens with zero attached hydrogens (tertiary/aromatic N) is 1. The first-order chi connectivity index (χ1) is 7.68. The van der Waals surface area contributed by atoms with Crippen LogP contribution in [0.2, 0.25) is 0 Å². The van der Waals surface area contributed by atoms with E-state index in [2.05, 4.69) is 22.5 Å². The van der Waals surface area contributed by atoms with E-state index in [1.165, 1.54) is 0 Å². The second kappa shape index (κ2) is 4.93. The molecule has 0 bridgehead atoms. The van der Waals surface area contributed by atoms with Gasteiger partial charge in [0, 0.05) is 11.6 Å². The quantitative estimate of drug-likeness (QED) is 0.836. The summed E-state index contributed by atoms with van der Waals surface area (Å²) in [4.78, 5) is 16.2. The molecule has 3 unspecified atom stereocenters. The van der Waals surface area contributed by atoms with Crippen LogP contribution in [0.5, 0.6) is 0 Å². The van der Waals surface area contributed by atoms with Crippen molar-refractivity contribution in [1.82, 2.24) is 15.6 Å². The van der Waals surface area contributed by atoms with Crippen LogP contribution in [0.15, 0.2) is 11.6 Å². The Bertz CT molecular complexity index is 352. The van der Waals surface area contributed by atoms with Gasteiger partial charge in [-0.25, -0.2) is 4.98 Å². The Kier molecular flexibility index (Phi) is 3.56. The Morgan fingerprint density at radius 1 is 1.75 bits per heavy atom. The standard InChI is InChI=1S/C11H17N3OS/c1-7-3-4-12-9(7)10(15)14-8(2)11-13-5-6-16-11/h5-9,12H,3-4H2,1-2H3,(H,14,15). The van der Waals surface area contributed by atoms with Gasteiger partial charge in [-0.05, 0) is 25.8 Å². The van der Waals surface area contributed by atoms with Gasteiger partial charge in [0.15, 0.2) is 0 Å². The lowest BCUT2D eigenvalue weighted by atomic mass is 10.0. The monoisotopic (exact) mass is 239 g/mol. The fourth-order valence-corrected chi connectivity index (χ4v) is 2.64. The van der Waals surface area contributed by atoms with Gasteiger partial charge < -0.3 is 10.6 Å². The van der Waals surface area contributed by atoms with Crippen molar-refractivity contribution in [2.75, 3.05) is 6.54 Å². The maximum absolute atomic E-state index is 12.0. The topological polar surface area (TPSA) is 54.0 Å². The molecule has 3 atom stereocenters. The Balaban J connectivity index is 1.92. The molecule has 2 N–H and O–H groups in total. The van der Waals surface area contributed by atoms with Crippen LogP contribution in [0.4, 0.5) is 0 Å². The van der Waals surface area contributed by atoms with E-state index >= 15 is 0 Å². The van der Waals surface area contributed by atoms with E-state index in [0.29, 0.717) is 5.92 Å². The molecule has 0 radical (unpaired) electrons. The highest BCUT2D eigenvalue weighted by atomic mass is 32.1. The van der Waals surface area contributed by atoms with Crippen LogP contribution in [0.3, 0.4) is 0 Å². The first-order valence-electron chi connectivity index (χ1n) is 5.61. The Morgan fingerprint density at radius 2 is 2.56 bits per heavy atom. The van der Waals surface area contributed by atoms with Gasteiger partial charge in [-0.2, -0.15) is 0 Å². The lowest BCUT2D eigenvalue weighted by Crippen LogP contribution is -2.44. The molecule has 1 aromatic rings.